The van der Waals surface area contributed by atoms with E-state index in [0.29, 0.717) is 38.8 Å². The molecule has 1 saturated heterocycles. The van der Waals surface area contributed by atoms with Crippen LogP contribution < -0.4 is 0 Å². The van der Waals surface area contributed by atoms with Crippen molar-refractivity contribution in [1.82, 2.24) is 0 Å². The fourth-order valence-corrected chi connectivity index (χ4v) is 8.15. The molecule has 4 fully saturated rings. The molecule has 7 nitrogen and oxygen atoms in total. The third kappa shape index (κ3) is 8.05. The number of rotatable bonds is 15. The van der Waals surface area contributed by atoms with Gasteiger partial charge in [-0.1, -0.05) is 135 Å². The van der Waals surface area contributed by atoms with Gasteiger partial charge in [-0.05, 0) is 46.9 Å². The normalized spacial score (nSPS) is 29.7. The maximum atomic E-state index is 13.8. The molecule has 8 atom stereocenters. The van der Waals surface area contributed by atoms with E-state index in [1.54, 1.807) is 0 Å². The Kier molecular flexibility index (Phi) is 11.1. The van der Waals surface area contributed by atoms with E-state index in [9.17, 15) is 4.79 Å². The molecule has 8 rings (SSSR count). The topological polar surface area (TPSA) is 72.5 Å². The third-order valence-electron chi connectivity index (χ3n) is 11.3. The summed E-state index contributed by atoms with van der Waals surface area (Å²) in [5.74, 6) is 0.564. The number of ketones is 1. The largest absolute Gasteiger partial charge is 0.374 e. The first kappa shape index (κ1) is 35.7. The third-order valence-corrected chi connectivity index (χ3v) is 11.3. The fraction of sp³-hybridized carbons (Fsp3) is 0.432. The SMILES string of the molecule is CC1(C)[C@H]2CC(=O)[C@@](C)(O[C@@H]3O[C@H](COCc4ccccc4)[C@@H](OCc4ccccc4)[C@H](OCc4ccccc4)[C@H]3OCc3ccccc3)[C@@H]1C2. The molecule has 7 heteroatoms. The van der Waals surface area contributed by atoms with Gasteiger partial charge in [0, 0.05) is 12.3 Å². The second-order valence-corrected chi connectivity index (χ2v) is 15.0. The smallest absolute Gasteiger partial charge is 0.188 e. The van der Waals surface area contributed by atoms with Crippen LogP contribution in [0.15, 0.2) is 121 Å². The van der Waals surface area contributed by atoms with E-state index in [1.807, 2.05) is 128 Å². The summed E-state index contributed by atoms with van der Waals surface area (Å²) in [4.78, 5) is 13.8. The van der Waals surface area contributed by atoms with Crippen molar-refractivity contribution >= 4 is 5.78 Å². The van der Waals surface area contributed by atoms with Gasteiger partial charge < -0.3 is 28.4 Å². The Morgan fingerprint density at radius 3 is 1.55 bits per heavy atom. The van der Waals surface area contributed by atoms with Crippen molar-refractivity contribution in [1.29, 1.82) is 0 Å². The second kappa shape index (κ2) is 15.9. The van der Waals surface area contributed by atoms with Crippen molar-refractivity contribution in [2.75, 3.05) is 6.61 Å². The molecule has 268 valence electrons. The Hall–Kier alpha value is -3.69. The summed E-state index contributed by atoms with van der Waals surface area (Å²) in [6.45, 7) is 8.09. The first-order valence-corrected chi connectivity index (χ1v) is 18.3. The Labute approximate surface area is 302 Å². The van der Waals surface area contributed by atoms with E-state index >= 15 is 0 Å². The molecule has 0 N–H and O–H groups in total. The Morgan fingerprint density at radius 2 is 1.06 bits per heavy atom. The van der Waals surface area contributed by atoms with Crippen LogP contribution in [0.25, 0.3) is 0 Å². The minimum atomic E-state index is -1.03. The average Bonchev–Trinajstić information content (AvgIpc) is 3.15. The number of carbonyl (C=O) groups is 1. The molecule has 0 spiro atoms. The van der Waals surface area contributed by atoms with Crippen molar-refractivity contribution in [2.24, 2.45) is 17.3 Å². The molecular formula is C44H50O7. The standard InChI is InChI=1S/C44H50O7/c1-43(2)35-24-37(43)44(3,38(45)25-35)51-42-41(49-29-34-22-14-7-15-23-34)40(48-28-33-20-12-6-13-21-33)39(47-27-32-18-10-5-11-19-32)36(50-42)30-46-26-31-16-8-4-9-17-31/h4-23,35-37,39-42H,24-30H2,1-3H3/t35-,36-,37-,39-,40+,41-,42+,44+/m1/s1. The number of Topliss-reactive ketones (excluding diaryl/α,β-unsaturated/α-hetero) is 1. The molecule has 4 aromatic rings. The predicted molar refractivity (Wildman–Crippen MR) is 194 cm³/mol. The van der Waals surface area contributed by atoms with Gasteiger partial charge in [-0.25, -0.2) is 0 Å². The lowest BCUT2D eigenvalue weighted by molar-refractivity contribution is -0.357. The predicted octanol–water partition coefficient (Wildman–Crippen LogP) is 8.09. The molecule has 3 aliphatic carbocycles. The quantitative estimate of drug-likeness (QED) is 0.125. The molecule has 4 aliphatic rings. The van der Waals surface area contributed by atoms with Gasteiger partial charge in [-0.2, -0.15) is 0 Å². The summed E-state index contributed by atoms with van der Waals surface area (Å²) in [6.07, 6.45) is -1.95. The van der Waals surface area contributed by atoms with Crippen LogP contribution in [0.4, 0.5) is 0 Å². The van der Waals surface area contributed by atoms with Gasteiger partial charge in [0.25, 0.3) is 0 Å². The molecule has 2 bridgehead atoms. The molecule has 3 saturated carbocycles. The Balaban J connectivity index is 1.23. The van der Waals surface area contributed by atoms with Crippen LogP contribution in [0.5, 0.6) is 0 Å². The molecule has 0 amide bonds. The van der Waals surface area contributed by atoms with Crippen LogP contribution in [0.3, 0.4) is 0 Å². The van der Waals surface area contributed by atoms with E-state index in [4.69, 9.17) is 28.4 Å². The first-order valence-electron chi connectivity index (χ1n) is 18.3. The summed E-state index contributed by atoms with van der Waals surface area (Å²) in [5, 5.41) is 0. The molecule has 0 radical (unpaired) electrons. The molecule has 0 unspecified atom stereocenters. The summed E-state index contributed by atoms with van der Waals surface area (Å²) >= 11 is 0. The van der Waals surface area contributed by atoms with Gasteiger partial charge in [0.05, 0.1) is 33.0 Å². The summed E-state index contributed by atoms with van der Waals surface area (Å²) in [7, 11) is 0. The number of carbonyl (C=O) groups excluding carboxylic acids is 1. The zero-order valence-electron chi connectivity index (χ0n) is 29.9. The summed E-state index contributed by atoms with van der Waals surface area (Å²) in [5.41, 5.74) is 3.08. The van der Waals surface area contributed by atoms with Crippen molar-refractivity contribution < 1.29 is 33.2 Å². The van der Waals surface area contributed by atoms with Crippen molar-refractivity contribution in [3.63, 3.8) is 0 Å². The van der Waals surface area contributed by atoms with Crippen molar-refractivity contribution in [3.05, 3.63) is 144 Å². The van der Waals surface area contributed by atoms with Gasteiger partial charge >= 0.3 is 0 Å². The summed E-state index contributed by atoms with van der Waals surface area (Å²) < 4.78 is 40.7. The Bertz CT molecular complexity index is 1680. The minimum absolute atomic E-state index is 0.0134. The van der Waals surface area contributed by atoms with Crippen molar-refractivity contribution in [2.45, 2.75) is 96.3 Å². The lowest BCUT2D eigenvalue weighted by Crippen LogP contribution is -2.69. The maximum absolute atomic E-state index is 13.8. The van der Waals surface area contributed by atoms with Gasteiger partial charge in [0.1, 0.15) is 30.0 Å². The van der Waals surface area contributed by atoms with Gasteiger partial charge in [0.2, 0.25) is 0 Å². The monoisotopic (exact) mass is 690 g/mol. The highest BCUT2D eigenvalue weighted by molar-refractivity contribution is 5.89. The number of hydrogen-bond acceptors (Lipinski definition) is 7. The van der Waals surface area contributed by atoms with Gasteiger partial charge in [-0.3, -0.25) is 4.79 Å². The van der Waals surface area contributed by atoms with Crippen LogP contribution in [0.2, 0.25) is 0 Å². The molecular weight excluding hydrogens is 640 g/mol. The van der Waals surface area contributed by atoms with E-state index < -0.39 is 36.3 Å². The Morgan fingerprint density at radius 1 is 0.608 bits per heavy atom. The van der Waals surface area contributed by atoms with Crippen LogP contribution in [-0.4, -0.2) is 48.7 Å². The highest BCUT2D eigenvalue weighted by atomic mass is 16.7. The van der Waals surface area contributed by atoms with Crippen LogP contribution in [-0.2, 0) is 59.6 Å². The van der Waals surface area contributed by atoms with Crippen molar-refractivity contribution in [3.8, 4) is 0 Å². The average molecular weight is 691 g/mol. The highest BCUT2D eigenvalue weighted by Crippen LogP contribution is 2.63. The number of ether oxygens (including phenoxy) is 6. The number of hydrogen-bond donors (Lipinski definition) is 0. The van der Waals surface area contributed by atoms with Gasteiger partial charge in [-0.15, -0.1) is 0 Å². The molecule has 4 aromatic carbocycles. The van der Waals surface area contributed by atoms with E-state index in [2.05, 4.69) is 13.8 Å². The van der Waals surface area contributed by atoms with Gasteiger partial charge in [0.15, 0.2) is 12.1 Å². The maximum Gasteiger partial charge on any atom is 0.188 e. The van der Waals surface area contributed by atoms with Crippen LogP contribution in [0.1, 0.15) is 55.9 Å². The number of benzene rings is 4. The zero-order chi connectivity index (χ0) is 35.3. The summed E-state index contributed by atoms with van der Waals surface area (Å²) in [6, 6.07) is 40.3. The van der Waals surface area contributed by atoms with E-state index in [1.165, 1.54) is 0 Å². The molecule has 51 heavy (non-hydrogen) atoms. The lowest BCUT2D eigenvalue weighted by atomic mass is 9.44. The molecule has 0 aromatic heterocycles. The first-order chi connectivity index (χ1) is 24.8. The fourth-order valence-electron chi connectivity index (χ4n) is 8.15. The minimum Gasteiger partial charge on any atom is -0.374 e. The van der Waals surface area contributed by atoms with E-state index in [0.717, 1.165) is 28.7 Å². The van der Waals surface area contributed by atoms with E-state index in [-0.39, 0.29) is 23.7 Å². The highest BCUT2D eigenvalue weighted by Gasteiger charge is 2.65. The molecule has 1 heterocycles. The van der Waals surface area contributed by atoms with Crippen LogP contribution >= 0.6 is 0 Å². The second-order valence-electron chi connectivity index (χ2n) is 15.0. The zero-order valence-corrected chi connectivity index (χ0v) is 29.9. The van der Waals surface area contributed by atoms with Crippen LogP contribution in [0, 0.1) is 17.3 Å². The molecule has 1 aliphatic heterocycles. The number of fused-ring (bicyclic) bond motifs is 2. The lowest BCUT2D eigenvalue weighted by Gasteiger charge is -2.63.